The van der Waals surface area contributed by atoms with E-state index in [1.165, 1.54) is 18.4 Å². The first kappa shape index (κ1) is 14.4. The highest BCUT2D eigenvalue weighted by atomic mass is 32.2. The summed E-state index contributed by atoms with van der Waals surface area (Å²) in [7, 11) is -4.42. The number of phenols is 1. The van der Waals surface area contributed by atoms with Crippen LogP contribution in [0, 0.1) is 0 Å². The second kappa shape index (κ2) is 5.32. The fourth-order valence-electron chi connectivity index (χ4n) is 2.21. The van der Waals surface area contributed by atoms with E-state index in [4.69, 9.17) is 4.42 Å². The van der Waals surface area contributed by atoms with E-state index in [1.807, 2.05) is 0 Å². The first-order valence-corrected chi connectivity index (χ1v) is 7.84. The minimum Gasteiger partial charge on any atom is -0.507 e. The Hall–Kier alpha value is -2.57. The van der Waals surface area contributed by atoms with Crippen molar-refractivity contribution >= 4 is 10.1 Å². The van der Waals surface area contributed by atoms with Crippen molar-refractivity contribution in [2.24, 2.45) is 0 Å². The van der Waals surface area contributed by atoms with Gasteiger partial charge in [-0.15, -0.1) is 0 Å². The Morgan fingerprint density at radius 2 is 1.59 bits per heavy atom. The molecule has 2 aromatic carbocycles. The topological polar surface area (TPSA) is 87.7 Å². The van der Waals surface area contributed by atoms with E-state index in [2.05, 4.69) is 0 Å². The fourth-order valence-corrected chi connectivity index (χ4v) is 2.75. The van der Waals surface area contributed by atoms with Gasteiger partial charge in [0, 0.05) is 5.56 Å². The van der Waals surface area contributed by atoms with Gasteiger partial charge in [0.05, 0.1) is 16.7 Å². The van der Waals surface area contributed by atoms with Crippen LogP contribution in [0.5, 0.6) is 5.75 Å². The number of benzene rings is 2. The largest absolute Gasteiger partial charge is 0.507 e. The van der Waals surface area contributed by atoms with Crippen LogP contribution < -0.4 is 0 Å². The lowest BCUT2D eigenvalue weighted by molar-refractivity contribution is 0.473. The smallest absolute Gasteiger partial charge is 0.294 e. The third-order valence-corrected chi connectivity index (χ3v) is 4.08. The Morgan fingerprint density at radius 1 is 0.909 bits per heavy atom. The zero-order valence-corrected chi connectivity index (χ0v) is 12.1. The summed E-state index contributed by atoms with van der Waals surface area (Å²) in [6, 6.07) is 14.4. The second-order valence-electron chi connectivity index (χ2n) is 4.69. The molecule has 0 spiro atoms. The molecule has 0 bridgehead atoms. The van der Waals surface area contributed by atoms with E-state index in [0.717, 1.165) is 0 Å². The SMILES string of the molecule is O=S(=O)(O)c1cc(-c2ccccc2)c(O)c(-c2ccco2)c1. The predicted octanol–water partition coefficient (Wildman–Crippen LogP) is 3.57. The van der Waals surface area contributed by atoms with Crippen molar-refractivity contribution in [1.82, 2.24) is 0 Å². The first-order valence-electron chi connectivity index (χ1n) is 6.40. The van der Waals surface area contributed by atoms with Crippen LogP contribution in [0.1, 0.15) is 0 Å². The summed E-state index contributed by atoms with van der Waals surface area (Å²) in [6.45, 7) is 0. The van der Waals surface area contributed by atoms with Crippen molar-refractivity contribution < 1.29 is 22.5 Å². The maximum absolute atomic E-state index is 11.5. The summed E-state index contributed by atoms with van der Waals surface area (Å²) in [5.74, 6) is 0.189. The highest BCUT2D eigenvalue weighted by Gasteiger charge is 2.20. The third-order valence-electron chi connectivity index (χ3n) is 3.25. The summed E-state index contributed by atoms with van der Waals surface area (Å²) in [4.78, 5) is -0.310. The molecule has 3 aromatic rings. The summed E-state index contributed by atoms with van der Waals surface area (Å²) >= 11 is 0. The highest BCUT2D eigenvalue weighted by Crippen LogP contribution is 2.40. The highest BCUT2D eigenvalue weighted by molar-refractivity contribution is 7.85. The van der Waals surface area contributed by atoms with Gasteiger partial charge in [-0.25, -0.2) is 0 Å². The Bertz CT molecular complexity index is 897. The van der Waals surface area contributed by atoms with Gasteiger partial charge in [0.2, 0.25) is 0 Å². The van der Waals surface area contributed by atoms with E-state index < -0.39 is 10.1 Å². The van der Waals surface area contributed by atoms with Crippen LogP contribution >= 0.6 is 0 Å². The molecule has 0 aliphatic heterocycles. The second-order valence-corrected chi connectivity index (χ2v) is 6.11. The molecule has 0 aliphatic carbocycles. The Balaban J connectivity index is 2.33. The number of rotatable bonds is 3. The third kappa shape index (κ3) is 2.61. The van der Waals surface area contributed by atoms with E-state index >= 15 is 0 Å². The molecule has 0 unspecified atom stereocenters. The summed E-state index contributed by atoms with van der Waals surface area (Å²) in [5, 5.41) is 10.5. The van der Waals surface area contributed by atoms with Crippen molar-refractivity contribution in [3.8, 4) is 28.2 Å². The van der Waals surface area contributed by atoms with Crippen molar-refractivity contribution in [2.45, 2.75) is 4.90 Å². The molecule has 1 heterocycles. The molecule has 112 valence electrons. The monoisotopic (exact) mass is 316 g/mol. The molecule has 5 nitrogen and oxygen atoms in total. The van der Waals surface area contributed by atoms with E-state index in [0.29, 0.717) is 16.9 Å². The molecule has 0 radical (unpaired) electrons. The lowest BCUT2D eigenvalue weighted by atomic mass is 10.0. The minimum absolute atomic E-state index is 0.117. The van der Waals surface area contributed by atoms with Gasteiger partial charge in [0.15, 0.2) is 0 Å². The zero-order chi connectivity index (χ0) is 15.7. The number of hydrogen-bond donors (Lipinski definition) is 2. The van der Waals surface area contributed by atoms with Gasteiger partial charge < -0.3 is 9.52 Å². The summed E-state index contributed by atoms with van der Waals surface area (Å²) < 4.78 is 37.5. The van der Waals surface area contributed by atoms with Crippen LogP contribution in [0.2, 0.25) is 0 Å². The molecule has 3 rings (SSSR count). The molecule has 0 saturated carbocycles. The van der Waals surface area contributed by atoms with Gasteiger partial charge in [0.25, 0.3) is 10.1 Å². The van der Waals surface area contributed by atoms with Crippen LogP contribution in [0.25, 0.3) is 22.5 Å². The molecular weight excluding hydrogens is 304 g/mol. The molecule has 22 heavy (non-hydrogen) atoms. The molecule has 2 N–H and O–H groups in total. The molecule has 0 aliphatic rings. The van der Waals surface area contributed by atoms with Gasteiger partial charge in [-0.3, -0.25) is 4.55 Å². The first-order chi connectivity index (χ1) is 10.5. The average Bonchev–Trinajstić information content (AvgIpc) is 3.01. The maximum atomic E-state index is 11.5. The van der Waals surface area contributed by atoms with Crippen LogP contribution in [-0.4, -0.2) is 18.1 Å². The number of aromatic hydroxyl groups is 1. The van der Waals surface area contributed by atoms with E-state index in [1.54, 1.807) is 42.5 Å². The number of furan rings is 1. The molecule has 0 fully saturated rings. The van der Waals surface area contributed by atoms with Crippen LogP contribution in [-0.2, 0) is 10.1 Å². The molecule has 0 saturated heterocycles. The summed E-state index contributed by atoms with van der Waals surface area (Å²) in [5.41, 5.74) is 1.11. The van der Waals surface area contributed by atoms with Crippen LogP contribution in [0.15, 0.2) is 70.2 Å². The van der Waals surface area contributed by atoms with E-state index in [9.17, 15) is 18.1 Å². The van der Waals surface area contributed by atoms with Crippen molar-refractivity contribution in [3.63, 3.8) is 0 Å². The van der Waals surface area contributed by atoms with Crippen molar-refractivity contribution in [3.05, 3.63) is 60.9 Å². The lowest BCUT2D eigenvalue weighted by Crippen LogP contribution is -1.99. The van der Waals surface area contributed by atoms with Crippen molar-refractivity contribution in [1.29, 1.82) is 0 Å². The van der Waals surface area contributed by atoms with Crippen LogP contribution in [0.4, 0.5) is 0 Å². The Kier molecular flexibility index (Phi) is 3.48. The molecular formula is C16H12O5S. The number of phenolic OH excluding ortho intramolecular Hbond substituents is 1. The zero-order valence-electron chi connectivity index (χ0n) is 11.3. The molecule has 6 heteroatoms. The maximum Gasteiger partial charge on any atom is 0.294 e. The fraction of sp³-hybridized carbons (Fsp3) is 0. The molecule has 0 atom stereocenters. The average molecular weight is 316 g/mol. The van der Waals surface area contributed by atoms with Gasteiger partial charge in [-0.2, -0.15) is 8.42 Å². The van der Waals surface area contributed by atoms with Gasteiger partial charge >= 0.3 is 0 Å². The lowest BCUT2D eigenvalue weighted by Gasteiger charge is -2.11. The Labute approximate surface area is 127 Å². The normalized spacial score (nSPS) is 11.5. The van der Waals surface area contributed by atoms with Gasteiger partial charge in [-0.05, 0) is 29.8 Å². The van der Waals surface area contributed by atoms with E-state index in [-0.39, 0.29) is 16.2 Å². The molecule has 1 aromatic heterocycles. The predicted molar refractivity (Wildman–Crippen MR) is 81.1 cm³/mol. The van der Waals surface area contributed by atoms with Crippen LogP contribution in [0.3, 0.4) is 0 Å². The quantitative estimate of drug-likeness (QED) is 0.721. The summed E-state index contributed by atoms with van der Waals surface area (Å²) in [6.07, 6.45) is 1.41. The van der Waals surface area contributed by atoms with Gasteiger partial charge in [-0.1, -0.05) is 30.3 Å². The standard InChI is InChI=1S/C16H12O5S/c17-16-13(11-5-2-1-3-6-11)9-12(22(18,19)20)10-14(16)15-7-4-8-21-15/h1-10,17H,(H,18,19,20). The van der Waals surface area contributed by atoms with Gasteiger partial charge in [0.1, 0.15) is 11.5 Å². The number of hydrogen-bond acceptors (Lipinski definition) is 4. The Morgan fingerprint density at radius 3 is 2.18 bits per heavy atom. The minimum atomic E-state index is -4.42. The van der Waals surface area contributed by atoms with Crippen molar-refractivity contribution in [2.75, 3.05) is 0 Å². The molecule has 0 amide bonds.